The topological polar surface area (TPSA) is 70.4 Å². The Hall–Kier alpha value is -3.45. The molecule has 2 N–H and O–H groups in total. The second-order valence-corrected chi connectivity index (χ2v) is 7.88. The number of nitrogens with one attached hydrogen (secondary N) is 1. The van der Waals surface area contributed by atoms with Gasteiger partial charge in [-0.2, -0.15) is 0 Å². The molecule has 154 valence electrons. The van der Waals surface area contributed by atoms with Crippen molar-refractivity contribution in [1.29, 1.82) is 0 Å². The van der Waals surface area contributed by atoms with Crippen LogP contribution < -0.4 is 5.32 Å². The van der Waals surface area contributed by atoms with Gasteiger partial charge in [0, 0.05) is 23.7 Å². The highest BCUT2D eigenvalue weighted by Gasteiger charge is 2.31. The Morgan fingerprint density at radius 2 is 1.77 bits per heavy atom. The highest BCUT2D eigenvalue weighted by atomic mass is 19.1. The number of aryl methyl sites for hydroxylation is 1. The summed E-state index contributed by atoms with van der Waals surface area (Å²) in [6.45, 7) is 5.14. The lowest BCUT2D eigenvalue weighted by Gasteiger charge is -2.28. The van der Waals surface area contributed by atoms with E-state index in [4.69, 9.17) is 4.98 Å². The molecule has 1 aromatic heterocycles. The number of aliphatic hydroxyl groups is 1. The molecule has 1 amide bonds. The quantitative estimate of drug-likeness (QED) is 0.678. The summed E-state index contributed by atoms with van der Waals surface area (Å²) < 4.78 is 15.3. The van der Waals surface area contributed by atoms with Gasteiger partial charge in [-0.3, -0.25) is 9.36 Å². The number of imidazole rings is 1. The molecule has 0 spiro atoms. The third kappa shape index (κ3) is 3.84. The SMILES string of the molecule is Cc1ccc(Nc2c(-c3ccc(F)cc3)nc3n2C=CN(C(=O)C(C)(C)O)C3)cc1. The summed E-state index contributed by atoms with van der Waals surface area (Å²) in [5, 5.41) is 13.5. The zero-order valence-corrected chi connectivity index (χ0v) is 17.1. The number of benzene rings is 2. The predicted octanol–water partition coefficient (Wildman–Crippen LogP) is 4.28. The molecule has 0 atom stereocenters. The minimum Gasteiger partial charge on any atom is -0.381 e. The molecule has 0 aliphatic carbocycles. The van der Waals surface area contributed by atoms with Crippen molar-refractivity contribution in [3.8, 4) is 11.3 Å². The van der Waals surface area contributed by atoms with Gasteiger partial charge in [0.25, 0.3) is 5.91 Å². The molecule has 1 aliphatic rings. The Kier molecular flexibility index (Phi) is 4.91. The first-order valence-corrected chi connectivity index (χ1v) is 9.65. The van der Waals surface area contributed by atoms with E-state index in [9.17, 15) is 14.3 Å². The standard InChI is InChI=1S/C23H23FN4O2/c1-15-4-10-18(11-5-15)25-21-20(16-6-8-17(24)9-7-16)26-19-14-27(12-13-28(19)21)22(29)23(2,3)30/h4-13,25,30H,14H2,1-3H3. The van der Waals surface area contributed by atoms with Crippen LogP contribution in [0.3, 0.4) is 0 Å². The fourth-order valence-electron chi connectivity index (χ4n) is 3.30. The van der Waals surface area contributed by atoms with Crippen LogP contribution in [0.5, 0.6) is 0 Å². The fourth-order valence-corrected chi connectivity index (χ4v) is 3.30. The number of hydrogen-bond donors (Lipinski definition) is 2. The van der Waals surface area contributed by atoms with Crippen LogP contribution in [-0.2, 0) is 11.3 Å². The summed E-state index contributed by atoms with van der Waals surface area (Å²) in [5.41, 5.74) is 1.95. The number of fused-ring (bicyclic) bond motifs is 1. The molecule has 0 fully saturated rings. The largest absolute Gasteiger partial charge is 0.381 e. The number of carbonyl (C=O) groups is 1. The van der Waals surface area contributed by atoms with E-state index in [0.717, 1.165) is 16.8 Å². The van der Waals surface area contributed by atoms with Crippen molar-refractivity contribution in [2.24, 2.45) is 0 Å². The number of amides is 1. The minimum absolute atomic E-state index is 0.211. The number of rotatable bonds is 4. The monoisotopic (exact) mass is 406 g/mol. The lowest BCUT2D eigenvalue weighted by Crippen LogP contribution is -2.43. The molecule has 0 unspecified atom stereocenters. The van der Waals surface area contributed by atoms with E-state index in [1.807, 2.05) is 35.8 Å². The van der Waals surface area contributed by atoms with Crippen molar-refractivity contribution < 1.29 is 14.3 Å². The summed E-state index contributed by atoms with van der Waals surface area (Å²) in [6.07, 6.45) is 3.36. The zero-order valence-electron chi connectivity index (χ0n) is 17.1. The van der Waals surface area contributed by atoms with Crippen molar-refractivity contribution in [2.75, 3.05) is 5.32 Å². The summed E-state index contributed by atoms with van der Waals surface area (Å²) in [6, 6.07) is 14.1. The lowest BCUT2D eigenvalue weighted by molar-refractivity contribution is -0.145. The van der Waals surface area contributed by atoms with Crippen molar-refractivity contribution in [2.45, 2.75) is 32.9 Å². The number of aromatic nitrogens is 2. The van der Waals surface area contributed by atoms with Crippen LogP contribution in [0.2, 0.25) is 0 Å². The maximum absolute atomic E-state index is 13.4. The normalized spacial score (nSPS) is 13.3. The van der Waals surface area contributed by atoms with Crippen molar-refractivity contribution in [3.05, 3.63) is 71.9 Å². The second kappa shape index (κ2) is 7.42. The van der Waals surface area contributed by atoms with E-state index >= 15 is 0 Å². The first-order chi connectivity index (χ1) is 14.2. The smallest absolute Gasteiger partial charge is 0.258 e. The molecule has 1 aliphatic heterocycles. The van der Waals surface area contributed by atoms with Gasteiger partial charge >= 0.3 is 0 Å². The molecular formula is C23H23FN4O2. The average molecular weight is 406 g/mol. The van der Waals surface area contributed by atoms with E-state index in [2.05, 4.69) is 5.32 Å². The molecule has 2 aromatic carbocycles. The van der Waals surface area contributed by atoms with Gasteiger partial charge in [0.2, 0.25) is 0 Å². The van der Waals surface area contributed by atoms with E-state index in [1.165, 1.54) is 30.9 Å². The third-order valence-corrected chi connectivity index (χ3v) is 4.91. The molecule has 6 nitrogen and oxygen atoms in total. The van der Waals surface area contributed by atoms with Crippen molar-refractivity contribution in [3.63, 3.8) is 0 Å². The molecule has 2 heterocycles. The molecule has 7 heteroatoms. The first kappa shape index (κ1) is 19.8. The number of hydrogen-bond acceptors (Lipinski definition) is 4. The molecule has 0 bridgehead atoms. The average Bonchev–Trinajstić information content (AvgIpc) is 3.06. The van der Waals surface area contributed by atoms with E-state index in [0.29, 0.717) is 17.3 Å². The van der Waals surface area contributed by atoms with Gasteiger partial charge in [-0.1, -0.05) is 17.7 Å². The van der Waals surface area contributed by atoms with Gasteiger partial charge in [-0.05, 0) is 57.2 Å². The lowest BCUT2D eigenvalue weighted by atomic mass is 10.1. The zero-order chi connectivity index (χ0) is 21.5. The van der Waals surface area contributed by atoms with Gasteiger partial charge in [0.1, 0.15) is 28.8 Å². The Labute approximate surface area is 174 Å². The van der Waals surface area contributed by atoms with E-state index in [1.54, 1.807) is 24.5 Å². The predicted molar refractivity (Wildman–Crippen MR) is 114 cm³/mol. The molecule has 0 saturated carbocycles. The molecule has 0 radical (unpaired) electrons. The van der Waals surface area contributed by atoms with Crippen LogP contribution in [0.25, 0.3) is 17.5 Å². The van der Waals surface area contributed by atoms with Crippen LogP contribution in [-0.4, -0.2) is 31.1 Å². The van der Waals surface area contributed by atoms with Crippen LogP contribution in [0, 0.1) is 12.7 Å². The van der Waals surface area contributed by atoms with Crippen LogP contribution >= 0.6 is 0 Å². The van der Waals surface area contributed by atoms with Gasteiger partial charge in [-0.25, -0.2) is 9.37 Å². The molecule has 0 saturated heterocycles. The number of anilines is 2. The Morgan fingerprint density at radius 1 is 1.10 bits per heavy atom. The van der Waals surface area contributed by atoms with Gasteiger partial charge < -0.3 is 15.3 Å². The highest BCUT2D eigenvalue weighted by molar-refractivity contribution is 5.86. The maximum atomic E-state index is 13.4. The maximum Gasteiger partial charge on any atom is 0.258 e. The van der Waals surface area contributed by atoms with Crippen LogP contribution in [0.4, 0.5) is 15.9 Å². The molecule has 3 aromatic rings. The number of halogens is 1. The van der Waals surface area contributed by atoms with E-state index in [-0.39, 0.29) is 12.4 Å². The second-order valence-electron chi connectivity index (χ2n) is 7.88. The third-order valence-electron chi connectivity index (χ3n) is 4.91. The van der Waals surface area contributed by atoms with E-state index < -0.39 is 11.5 Å². The molecule has 4 rings (SSSR count). The summed E-state index contributed by atoms with van der Waals surface area (Å²) in [4.78, 5) is 18.6. The highest BCUT2D eigenvalue weighted by Crippen LogP contribution is 2.34. The summed E-state index contributed by atoms with van der Waals surface area (Å²) in [7, 11) is 0. The summed E-state index contributed by atoms with van der Waals surface area (Å²) in [5.74, 6) is 0.609. The Morgan fingerprint density at radius 3 is 2.40 bits per heavy atom. The number of nitrogens with zero attached hydrogens (tertiary/aromatic N) is 3. The van der Waals surface area contributed by atoms with Gasteiger partial charge in [0.05, 0.1) is 6.54 Å². The Bertz CT molecular complexity index is 1110. The van der Waals surface area contributed by atoms with Crippen molar-refractivity contribution in [1.82, 2.24) is 14.5 Å². The fraction of sp³-hybridized carbons (Fsp3) is 0.217. The van der Waals surface area contributed by atoms with Crippen molar-refractivity contribution >= 4 is 23.6 Å². The van der Waals surface area contributed by atoms with Gasteiger partial charge in [0.15, 0.2) is 0 Å². The summed E-state index contributed by atoms with van der Waals surface area (Å²) >= 11 is 0. The first-order valence-electron chi connectivity index (χ1n) is 9.65. The molecule has 30 heavy (non-hydrogen) atoms. The Balaban J connectivity index is 1.76. The van der Waals surface area contributed by atoms with Gasteiger partial charge in [-0.15, -0.1) is 0 Å². The number of carbonyl (C=O) groups excluding carboxylic acids is 1. The molecular weight excluding hydrogens is 383 g/mol. The van der Waals surface area contributed by atoms with Crippen LogP contribution in [0.15, 0.2) is 54.7 Å². The minimum atomic E-state index is -1.48. The van der Waals surface area contributed by atoms with Crippen LogP contribution in [0.1, 0.15) is 25.2 Å².